The fraction of sp³-hybridized carbons (Fsp3) is 0.588. The molecule has 0 atom stereocenters. The molecule has 0 radical (unpaired) electrons. The van der Waals surface area contributed by atoms with Crippen LogP contribution >= 0.6 is 0 Å². The van der Waals surface area contributed by atoms with Gasteiger partial charge in [0.1, 0.15) is 5.75 Å². The number of hydrogen-bond acceptors (Lipinski definition) is 2. The summed E-state index contributed by atoms with van der Waals surface area (Å²) in [6.07, 6.45) is 10.0. The summed E-state index contributed by atoms with van der Waals surface area (Å²) in [4.78, 5) is 4.77. The van der Waals surface area contributed by atoms with Gasteiger partial charge in [-0.05, 0) is 43.2 Å². The predicted octanol–water partition coefficient (Wildman–Crippen LogP) is 4.09. The smallest absolute Gasteiger partial charge is 0.127 e. The third kappa shape index (κ3) is 2.83. The van der Waals surface area contributed by atoms with Crippen LogP contribution in [0.15, 0.2) is 23.2 Å². The molecule has 0 saturated heterocycles. The van der Waals surface area contributed by atoms with Crippen LogP contribution in [-0.2, 0) is 0 Å². The van der Waals surface area contributed by atoms with Gasteiger partial charge in [-0.25, -0.2) is 0 Å². The monoisotopic (exact) mass is 257 g/mol. The minimum absolute atomic E-state index is 0.378. The summed E-state index contributed by atoms with van der Waals surface area (Å²) in [5, 5.41) is 10.0. The lowest BCUT2D eigenvalue weighted by Gasteiger charge is -2.21. The van der Waals surface area contributed by atoms with Crippen LogP contribution in [0.5, 0.6) is 5.75 Å². The summed E-state index contributed by atoms with van der Waals surface area (Å²) in [6, 6.07) is 6.32. The Bertz CT molecular complexity index is 458. The summed E-state index contributed by atoms with van der Waals surface area (Å²) >= 11 is 0. The Hall–Kier alpha value is -1.31. The molecule has 3 aliphatic rings. The Balaban J connectivity index is 1.74. The Morgan fingerprint density at radius 1 is 1.11 bits per heavy atom. The van der Waals surface area contributed by atoms with Crippen molar-refractivity contribution < 1.29 is 5.11 Å². The van der Waals surface area contributed by atoms with Crippen LogP contribution < -0.4 is 0 Å². The molecule has 2 heteroatoms. The van der Waals surface area contributed by atoms with E-state index < -0.39 is 0 Å². The number of aliphatic imine (C=N–C) groups is 1. The molecule has 0 heterocycles. The van der Waals surface area contributed by atoms with Crippen LogP contribution in [0.25, 0.3) is 0 Å². The van der Waals surface area contributed by atoms with Crippen molar-refractivity contribution in [3.63, 3.8) is 0 Å². The lowest BCUT2D eigenvalue weighted by Crippen LogP contribution is -2.08. The largest absolute Gasteiger partial charge is 0.507 e. The van der Waals surface area contributed by atoms with Crippen molar-refractivity contribution in [1.29, 1.82) is 0 Å². The number of rotatable bonds is 2. The maximum Gasteiger partial charge on any atom is 0.127 e. The maximum atomic E-state index is 10.0. The standard InChI is InChI=1S/C17H23NO/c1-12-3-2-4-15(17(12)19)11-18-16-9-13-5-6-14(10-16)8-7-13/h2-4,11,13-14,16,19H,5-10H2,1H3. The summed E-state index contributed by atoms with van der Waals surface area (Å²) in [7, 11) is 0. The molecule has 0 unspecified atom stereocenters. The number of para-hydroxylation sites is 1. The van der Waals surface area contributed by atoms with Crippen molar-refractivity contribution in [3.8, 4) is 5.75 Å². The van der Waals surface area contributed by atoms with Gasteiger partial charge in [0.15, 0.2) is 0 Å². The first-order valence-corrected chi connectivity index (χ1v) is 7.54. The molecule has 3 saturated carbocycles. The van der Waals surface area contributed by atoms with Crippen molar-refractivity contribution in [3.05, 3.63) is 29.3 Å². The van der Waals surface area contributed by atoms with E-state index in [-0.39, 0.29) is 0 Å². The van der Waals surface area contributed by atoms with Crippen molar-refractivity contribution in [2.24, 2.45) is 16.8 Å². The molecule has 19 heavy (non-hydrogen) atoms. The van der Waals surface area contributed by atoms with E-state index in [9.17, 15) is 5.11 Å². The van der Waals surface area contributed by atoms with Crippen molar-refractivity contribution >= 4 is 6.21 Å². The molecule has 3 fully saturated rings. The molecule has 1 N–H and O–H groups in total. The molecule has 4 rings (SSSR count). The second kappa shape index (κ2) is 5.36. The van der Waals surface area contributed by atoms with Gasteiger partial charge in [0.25, 0.3) is 0 Å². The van der Waals surface area contributed by atoms with E-state index in [0.717, 1.165) is 23.0 Å². The zero-order valence-electron chi connectivity index (χ0n) is 11.7. The highest BCUT2D eigenvalue weighted by atomic mass is 16.3. The molecule has 0 aromatic heterocycles. The average molecular weight is 257 g/mol. The van der Waals surface area contributed by atoms with E-state index in [1.807, 2.05) is 31.3 Å². The second-order valence-electron chi connectivity index (χ2n) is 6.30. The van der Waals surface area contributed by atoms with E-state index in [0.29, 0.717) is 11.8 Å². The van der Waals surface area contributed by atoms with Crippen LogP contribution in [0.3, 0.4) is 0 Å². The average Bonchev–Trinajstić information content (AvgIpc) is 2.73. The lowest BCUT2D eigenvalue weighted by atomic mass is 9.84. The number of aryl methyl sites for hydroxylation is 1. The zero-order valence-corrected chi connectivity index (χ0v) is 11.7. The Labute approximate surface area is 115 Å². The van der Waals surface area contributed by atoms with Crippen molar-refractivity contribution in [2.75, 3.05) is 0 Å². The van der Waals surface area contributed by atoms with Crippen molar-refractivity contribution in [1.82, 2.24) is 0 Å². The molecule has 0 amide bonds. The highest BCUT2D eigenvalue weighted by Crippen LogP contribution is 2.40. The summed E-state index contributed by atoms with van der Waals surface area (Å²) in [6.45, 7) is 1.93. The maximum absolute atomic E-state index is 10.0. The molecule has 1 aromatic rings. The van der Waals surface area contributed by atoms with Crippen LogP contribution in [0, 0.1) is 18.8 Å². The molecule has 3 aliphatic carbocycles. The van der Waals surface area contributed by atoms with Gasteiger partial charge in [-0.2, -0.15) is 0 Å². The van der Waals surface area contributed by atoms with Gasteiger partial charge in [0, 0.05) is 11.8 Å². The van der Waals surface area contributed by atoms with Crippen LogP contribution in [-0.4, -0.2) is 17.4 Å². The molecule has 102 valence electrons. The summed E-state index contributed by atoms with van der Waals surface area (Å²) in [5.41, 5.74) is 1.78. The van der Waals surface area contributed by atoms with Gasteiger partial charge in [-0.15, -0.1) is 0 Å². The number of phenolic OH excluding ortho intramolecular Hbond substituents is 1. The molecule has 0 spiro atoms. The topological polar surface area (TPSA) is 32.6 Å². The fourth-order valence-corrected chi connectivity index (χ4v) is 3.66. The Morgan fingerprint density at radius 2 is 1.74 bits per heavy atom. The van der Waals surface area contributed by atoms with Gasteiger partial charge in [0.05, 0.1) is 6.04 Å². The van der Waals surface area contributed by atoms with Gasteiger partial charge in [-0.3, -0.25) is 4.99 Å². The number of hydrogen-bond donors (Lipinski definition) is 1. The van der Waals surface area contributed by atoms with E-state index >= 15 is 0 Å². The van der Waals surface area contributed by atoms with Gasteiger partial charge in [0.2, 0.25) is 0 Å². The first kappa shape index (κ1) is 12.7. The normalized spacial score (nSPS) is 30.7. The Kier molecular flexibility index (Phi) is 3.58. The van der Waals surface area contributed by atoms with Crippen molar-refractivity contribution in [2.45, 2.75) is 51.5 Å². The lowest BCUT2D eigenvalue weighted by molar-refractivity contribution is 0.308. The first-order valence-electron chi connectivity index (χ1n) is 7.54. The van der Waals surface area contributed by atoms with Crippen LogP contribution in [0.2, 0.25) is 0 Å². The first-order chi connectivity index (χ1) is 9.22. The molecular formula is C17H23NO. The number of nitrogens with zero attached hydrogens (tertiary/aromatic N) is 1. The molecule has 2 nitrogen and oxygen atoms in total. The number of phenols is 1. The highest BCUT2D eigenvalue weighted by Gasteiger charge is 2.30. The van der Waals surface area contributed by atoms with E-state index in [1.54, 1.807) is 0 Å². The Morgan fingerprint density at radius 3 is 2.37 bits per heavy atom. The molecular weight excluding hydrogens is 234 g/mol. The molecule has 1 aromatic carbocycles. The summed E-state index contributed by atoms with van der Waals surface area (Å²) < 4.78 is 0. The van der Waals surface area contributed by atoms with Gasteiger partial charge in [-0.1, -0.05) is 37.8 Å². The second-order valence-corrected chi connectivity index (χ2v) is 6.30. The SMILES string of the molecule is Cc1cccc(C=NC2CC3CCC(CC3)C2)c1O. The number of fused-ring (bicyclic) bond motifs is 4. The fourth-order valence-electron chi connectivity index (χ4n) is 3.66. The van der Waals surface area contributed by atoms with Crippen LogP contribution in [0.1, 0.15) is 49.7 Å². The number of benzene rings is 1. The predicted molar refractivity (Wildman–Crippen MR) is 78.9 cm³/mol. The molecule has 2 bridgehead atoms. The van der Waals surface area contributed by atoms with E-state index in [4.69, 9.17) is 4.99 Å². The molecule has 0 aliphatic heterocycles. The van der Waals surface area contributed by atoms with E-state index in [2.05, 4.69) is 0 Å². The highest BCUT2D eigenvalue weighted by molar-refractivity contribution is 5.84. The van der Waals surface area contributed by atoms with E-state index in [1.165, 1.54) is 38.5 Å². The third-order valence-electron chi connectivity index (χ3n) is 4.87. The zero-order chi connectivity index (χ0) is 13.2. The minimum atomic E-state index is 0.378. The van der Waals surface area contributed by atoms with Crippen LogP contribution in [0.4, 0.5) is 0 Å². The quantitative estimate of drug-likeness (QED) is 0.795. The van der Waals surface area contributed by atoms with Gasteiger partial charge < -0.3 is 5.11 Å². The minimum Gasteiger partial charge on any atom is -0.507 e. The third-order valence-corrected chi connectivity index (χ3v) is 4.87. The van der Waals surface area contributed by atoms with Gasteiger partial charge >= 0.3 is 0 Å². The number of aromatic hydroxyl groups is 1. The summed E-state index contributed by atoms with van der Waals surface area (Å²) in [5.74, 6) is 2.17.